The molecule has 2 aromatic rings. The molecule has 1 fully saturated rings. The summed E-state index contributed by atoms with van der Waals surface area (Å²) in [5.74, 6) is 0.855. The van der Waals surface area contributed by atoms with Gasteiger partial charge >= 0.3 is 0 Å². The largest absolute Gasteiger partial charge is 0.326 e. The van der Waals surface area contributed by atoms with Crippen LogP contribution in [0.25, 0.3) is 11.0 Å². The van der Waals surface area contributed by atoms with Crippen LogP contribution in [0.2, 0.25) is 0 Å². The SMILES string of the molecule is CCCn1c(C2(C)CCCN2)nc2ccc(F)cc21. The second-order valence-corrected chi connectivity index (χ2v) is 5.58. The number of halogens is 1. The molecule has 19 heavy (non-hydrogen) atoms. The number of aromatic nitrogens is 2. The van der Waals surface area contributed by atoms with Gasteiger partial charge in [-0.3, -0.25) is 0 Å². The molecule has 0 saturated carbocycles. The van der Waals surface area contributed by atoms with Gasteiger partial charge in [0.15, 0.2) is 0 Å². The molecule has 0 amide bonds. The Hall–Kier alpha value is -1.42. The molecule has 1 N–H and O–H groups in total. The van der Waals surface area contributed by atoms with Crippen molar-refractivity contribution >= 4 is 11.0 Å². The number of imidazole rings is 1. The van der Waals surface area contributed by atoms with E-state index in [1.807, 2.05) is 0 Å². The first-order valence-corrected chi connectivity index (χ1v) is 7.05. The van der Waals surface area contributed by atoms with Crippen LogP contribution in [0, 0.1) is 5.82 Å². The Morgan fingerprint density at radius 2 is 2.32 bits per heavy atom. The molecule has 1 aliphatic heterocycles. The Kier molecular flexibility index (Phi) is 3.05. The lowest BCUT2D eigenvalue weighted by atomic mass is 9.99. The smallest absolute Gasteiger partial charge is 0.129 e. The van der Waals surface area contributed by atoms with Crippen molar-refractivity contribution in [2.75, 3.05) is 6.54 Å². The van der Waals surface area contributed by atoms with Gasteiger partial charge in [0.1, 0.15) is 11.6 Å². The third-order valence-electron chi connectivity index (χ3n) is 4.02. The van der Waals surface area contributed by atoms with Crippen molar-refractivity contribution < 1.29 is 4.39 Å². The monoisotopic (exact) mass is 261 g/mol. The van der Waals surface area contributed by atoms with Crippen LogP contribution < -0.4 is 5.32 Å². The average Bonchev–Trinajstić information content (AvgIpc) is 2.96. The van der Waals surface area contributed by atoms with Crippen LogP contribution in [0.1, 0.15) is 38.9 Å². The molecule has 102 valence electrons. The molecule has 1 aromatic carbocycles. The van der Waals surface area contributed by atoms with Gasteiger partial charge in [0.05, 0.1) is 16.6 Å². The van der Waals surface area contributed by atoms with E-state index in [0.29, 0.717) is 0 Å². The van der Waals surface area contributed by atoms with Crippen LogP contribution in [0.4, 0.5) is 4.39 Å². The number of fused-ring (bicyclic) bond motifs is 1. The predicted octanol–water partition coefficient (Wildman–Crippen LogP) is 3.18. The Morgan fingerprint density at radius 3 is 3.00 bits per heavy atom. The second-order valence-electron chi connectivity index (χ2n) is 5.58. The molecule has 2 heterocycles. The highest BCUT2D eigenvalue weighted by molar-refractivity contribution is 5.76. The van der Waals surface area contributed by atoms with Crippen molar-refractivity contribution in [2.45, 2.75) is 45.2 Å². The maximum atomic E-state index is 13.5. The van der Waals surface area contributed by atoms with E-state index in [-0.39, 0.29) is 11.4 Å². The van der Waals surface area contributed by atoms with E-state index < -0.39 is 0 Å². The number of benzene rings is 1. The molecular weight excluding hydrogens is 241 g/mol. The average molecular weight is 261 g/mol. The van der Waals surface area contributed by atoms with Gasteiger partial charge in [-0.05, 0) is 50.9 Å². The van der Waals surface area contributed by atoms with Gasteiger partial charge in [-0.25, -0.2) is 9.37 Å². The summed E-state index contributed by atoms with van der Waals surface area (Å²) in [7, 11) is 0. The molecule has 1 saturated heterocycles. The van der Waals surface area contributed by atoms with Gasteiger partial charge in [0.25, 0.3) is 0 Å². The fourth-order valence-electron chi connectivity index (χ4n) is 3.05. The summed E-state index contributed by atoms with van der Waals surface area (Å²) in [4.78, 5) is 4.76. The predicted molar refractivity (Wildman–Crippen MR) is 74.6 cm³/mol. The number of nitrogens with zero attached hydrogens (tertiary/aromatic N) is 2. The highest BCUT2D eigenvalue weighted by Crippen LogP contribution is 2.32. The minimum atomic E-state index is -0.194. The summed E-state index contributed by atoms with van der Waals surface area (Å²) in [6.07, 6.45) is 3.27. The van der Waals surface area contributed by atoms with Gasteiger partial charge in [0.2, 0.25) is 0 Å². The molecule has 1 unspecified atom stereocenters. The first-order valence-electron chi connectivity index (χ1n) is 7.05. The topological polar surface area (TPSA) is 29.9 Å². The standard InChI is InChI=1S/C15H20FN3/c1-3-9-19-13-10-11(16)5-6-12(13)18-14(19)15(2)7-4-8-17-15/h5-6,10,17H,3-4,7-9H2,1-2H3. The summed E-state index contributed by atoms with van der Waals surface area (Å²) in [5, 5.41) is 3.55. The molecule has 1 aromatic heterocycles. The molecule has 0 radical (unpaired) electrons. The molecule has 3 rings (SSSR count). The lowest BCUT2D eigenvalue weighted by Gasteiger charge is -2.25. The lowest BCUT2D eigenvalue weighted by molar-refractivity contribution is 0.388. The van der Waals surface area contributed by atoms with Gasteiger partial charge < -0.3 is 9.88 Å². The van der Waals surface area contributed by atoms with E-state index in [9.17, 15) is 4.39 Å². The van der Waals surface area contributed by atoms with Crippen LogP contribution in [-0.2, 0) is 12.1 Å². The first kappa shape index (κ1) is 12.6. The van der Waals surface area contributed by atoms with E-state index in [1.165, 1.54) is 12.5 Å². The lowest BCUT2D eigenvalue weighted by Crippen LogP contribution is -2.36. The van der Waals surface area contributed by atoms with Crippen LogP contribution in [0.5, 0.6) is 0 Å². The zero-order valence-corrected chi connectivity index (χ0v) is 11.5. The third-order valence-corrected chi connectivity index (χ3v) is 4.02. The maximum Gasteiger partial charge on any atom is 0.129 e. The Bertz CT molecular complexity index is 597. The van der Waals surface area contributed by atoms with Crippen LogP contribution in [0.15, 0.2) is 18.2 Å². The number of hydrogen-bond acceptors (Lipinski definition) is 2. The first-order chi connectivity index (χ1) is 9.14. The zero-order valence-electron chi connectivity index (χ0n) is 11.5. The van der Waals surface area contributed by atoms with Crippen molar-refractivity contribution in [1.82, 2.24) is 14.9 Å². The number of aryl methyl sites for hydroxylation is 1. The van der Waals surface area contributed by atoms with E-state index in [4.69, 9.17) is 4.98 Å². The normalized spacial score (nSPS) is 23.3. The van der Waals surface area contributed by atoms with Crippen molar-refractivity contribution in [2.24, 2.45) is 0 Å². The van der Waals surface area contributed by atoms with Crippen molar-refractivity contribution in [3.8, 4) is 0 Å². The van der Waals surface area contributed by atoms with E-state index in [2.05, 4.69) is 23.7 Å². The fourth-order valence-corrected chi connectivity index (χ4v) is 3.05. The summed E-state index contributed by atoms with van der Waals surface area (Å²) in [5.41, 5.74) is 1.72. The van der Waals surface area contributed by atoms with Gasteiger partial charge in [-0.15, -0.1) is 0 Å². The Labute approximate surface area is 112 Å². The number of rotatable bonds is 3. The van der Waals surface area contributed by atoms with Crippen LogP contribution in [0.3, 0.4) is 0 Å². The summed E-state index contributed by atoms with van der Waals surface area (Å²) >= 11 is 0. The molecule has 0 spiro atoms. The zero-order chi connectivity index (χ0) is 13.5. The molecule has 4 heteroatoms. The van der Waals surface area contributed by atoms with E-state index >= 15 is 0 Å². The van der Waals surface area contributed by atoms with Crippen molar-refractivity contribution in [3.63, 3.8) is 0 Å². The summed E-state index contributed by atoms with van der Waals surface area (Å²) in [6, 6.07) is 4.86. The van der Waals surface area contributed by atoms with Crippen LogP contribution >= 0.6 is 0 Å². The summed E-state index contributed by atoms with van der Waals surface area (Å²) < 4.78 is 15.7. The van der Waals surface area contributed by atoms with Crippen LogP contribution in [-0.4, -0.2) is 16.1 Å². The second kappa shape index (κ2) is 4.60. The molecule has 1 aliphatic rings. The van der Waals surface area contributed by atoms with E-state index in [0.717, 1.165) is 42.8 Å². The number of nitrogens with one attached hydrogen (secondary N) is 1. The van der Waals surface area contributed by atoms with Gasteiger partial charge in [-0.2, -0.15) is 0 Å². The minimum Gasteiger partial charge on any atom is -0.326 e. The van der Waals surface area contributed by atoms with E-state index in [1.54, 1.807) is 12.1 Å². The van der Waals surface area contributed by atoms with Gasteiger partial charge in [0, 0.05) is 6.54 Å². The summed E-state index contributed by atoms with van der Waals surface area (Å²) in [6.45, 7) is 6.25. The Balaban J connectivity index is 2.20. The molecule has 0 aliphatic carbocycles. The molecule has 3 nitrogen and oxygen atoms in total. The number of hydrogen-bond donors (Lipinski definition) is 1. The highest BCUT2D eigenvalue weighted by atomic mass is 19.1. The van der Waals surface area contributed by atoms with Crippen molar-refractivity contribution in [1.29, 1.82) is 0 Å². The molecule has 1 atom stereocenters. The third kappa shape index (κ3) is 2.04. The highest BCUT2D eigenvalue weighted by Gasteiger charge is 2.35. The fraction of sp³-hybridized carbons (Fsp3) is 0.533. The molecular formula is C15H20FN3. The quantitative estimate of drug-likeness (QED) is 0.919. The minimum absolute atomic E-state index is 0.0787. The molecule has 0 bridgehead atoms. The van der Waals surface area contributed by atoms with Gasteiger partial charge in [-0.1, -0.05) is 6.92 Å². The van der Waals surface area contributed by atoms with Crippen molar-refractivity contribution in [3.05, 3.63) is 29.8 Å². The Morgan fingerprint density at radius 1 is 1.47 bits per heavy atom. The maximum absolute atomic E-state index is 13.5.